The Balaban J connectivity index is 1.32. The van der Waals surface area contributed by atoms with Crippen LogP contribution in [-0.2, 0) is 15.9 Å². The Labute approximate surface area is 216 Å². The molecule has 1 saturated heterocycles. The summed E-state index contributed by atoms with van der Waals surface area (Å²) in [5.74, 6) is -0.0287. The number of aliphatic hydroxyl groups is 1. The number of aliphatic hydroxyl groups excluding tert-OH is 1. The number of ether oxygens (including phenoxy) is 2. The first-order valence-electron chi connectivity index (χ1n) is 12.3. The van der Waals surface area contributed by atoms with Crippen LogP contribution >= 0.6 is 0 Å². The highest BCUT2D eigenvalue weighted by atomic mass is 16.6. The predicted molar refractivity (Wildman–Crippen MR) is 136 cm³/mol. The molecule has 5 aromatic rings. The van der Waals surface area contributed by atoms with Gasteiger partial charge in [-0.25, -0.2) is 0 Å². The lowest BCUT2D eigenvalue weighted by Crippen LogP contribution is -2.33. The lowest BCUT2D eigenvalue weighted by atomic mass is 9.76. The van der Waals surface area contributed by atoms with E-state index in [1.165, 1.54) is 4.57 Å². The molecule has 190 valence electrons. The molecular weight excluding hydrogens is 486 g/mol. The largest absolute Gasteiger partial charge is 0.494 e. The number of hydrogen-bond donors (Lipinski definition) is 3. The van der Waals surface area contributed by atoms with Crippen LogP contribution in [0.5, 0.6) is 17.6 Å². The van der Waals surface area contributed by atoms with Gasteiger partial charge in [-0.1, -0.05) is 36.4 Å². The molecule has 3 N–H and O–H groups in total. The zero-order chi connectivity index (χ0) is 26.2. The smallest absolute Gasteiger partial charge is 0.262 e. The molecule has 4 heterocycles. The van der Waals surface area contributed by atoms with Gasteiger partial charge in [-0.3, -0.25) is 4.57 Å². The second kappa shape index (κ2) is 7.74. The van der Waals surface area contributed by atoms with Gasteiger partial charge in [0.05, 0.1) is 46.5 Å². The third kappa shape index (κ3) is 2.84. The van der Waals surface area contributed by atoms with Crippen molar-refractivity contribution in [1.29, 1.82) is 5.26 Å². The van der Waals surface area contributed by atoms with Crippen molar-refractivity contribution in [2.24, 2.45) is 0 Å². The number of nitriles is 1. The second-order valence-corrected chi connectivity index (χ2v) is 10.0. The molecule has 3 atom stereocenters. The lowest BCUT2D eigenvalue weighted by molar-refractivity contribution is -0.107. The fourth-order valence-corrected chi connectivity index (χ4v) is 6.20. The van der Waals surface area contributed by atoms with Crippen molar-refractivity contribution in [2.45, 2.75) is 37.1 Å². The van der Waals surface area contributed by atoms with Crippen molar-refractivity contribution in [3.8, 4) is 29.4 Å². The number of fused-ring (bicyclic) bond motifs is 7. The van der Waals surface area contributed by atoms with Gasteiger partial charge in [-0.15, -0.1) is 0 Å². The zero-order valence-electron chi connectivity index (χ0n) is 20.4. The maximum absolute atomic E-state index is 11.6. The van der Waals surface area contributed by atoms with E-state index in [4.69, 9.17) is 14.0 Å². The molecule has 2 aliphatic rings. The van der Waals surface area contributed by atoms with E-state index >= 15 is 0 Å². The zero-order valence-corrected chi connectivity index (χ0v) is 20.4. The fraction of sp³-hybridized carbons (Fsp3) is 0.241. The summed E-state index contributed by atoms with van der Waals surface area (Å²) in [5, 5.41) is 49.8. The van der Waals surface area contributed by atoms with Gasteiger partial charge in [0.15, 0.2) is 5.58 Å². The van der Waals surface area contributed by atoms with E-state index < -0.39 is 17.3 Å². The Morgan fingerprint density at radius 3 is 2.53 bits per heavy atom. The van der Waals surface area contributed by atoms with E-state index in [9.17, 15) is 20.6 Å². The number of benzene rings is 3. The number of aromatic nitrogens is 2. The number of rotatable bonds is 5. The SMILES string of the molecule is C[C@@]12O[C@@](CCOc3noc4ccccc34)(C[C@H]1O)c1c2c(O)n(-c2ccc(C#N)c3ccccc23)c1O. The highest BCUT2D eigenvalue weighted by Gasteiger charge is 2.66. The number of nitrogens with zero attached hydrogens (tertiary/aromatic N) is 3. The Hall–Kier alpha value is -4.52. The van der Waals surface area contributed by atoms with Gasteiger partial charge in [0, 0.05) is 23.6 Å². The highest BCUT2D eigenvalue weighted by molar-refractivity contribution is 5.95. The number of hydrogen-bond acceptors (Lipinski definition) is 8. The molecule has 0 aliphatic carbocycles. The molecule has 9 heteroatoms. The minimum atomic E-state index is -1.22. The van der Waals surface area contributed by atoms with E-state index in [0.717, 1.165) is 5.39 Å². The van der Waals surface area contributed by atoms with Crippen LogP contribution in [0.3, 0.4) is 0 Å². The van der Waals surface area contributed by atoms with E-state index in [1.54, 1.807) is 25.1 Å². The van der Waals surface area contributed by atoms with Crippen LogP contribution in [0.15, 0.2) is 65.2 Å². The third-order valence-corrected chi connectivity index (χ3v) is 7.99. The highest BCUT2D eigenvalue weighted by Crippen LogP contribution is 2.65. The molecule has 1 fully saturated rings. The normalized spacial score (nSPS) is 23.7. The van der Waals surface area contributed by atoms with Crippen molar-refractivity contribution in [1.82, 2.24) is 9.72 Å². The summed E-state index contributed by atoms with van der Waals surface area (Å²) in [6.45, 7) is 1.89. The predicted octanol–water partition coefficient (Wildman–Crippen LogP) is 4.73. The average Bonchev–Trinajstić information content (AvgIpc) is 3.61. The molecule has 2 aliphatic heterocycles. The Morgan fingerprint density at radius 1 is 1.03 bits per heavy atom. The van der Waals surface area contributed by atoms with Crippen molar-refractivity contribution >= 4 is 21.7 Å². The van der Waals surface area contributed by atoms with Crippen LogP contribution in [0.2, 0.25) is 0 Å². The van der Waals surface area contributed by atoms with Crippen LogP contribution in [0, 0.1) is 11.3 Å². The van der Waals surface area contributed by atoms with Gasteiger partial charge in [0.25, 0.3) is 5.88 Å². The molecule has 2 aromatic heterocycles. The second-order valence-electron chi connectivity index (χ2n) is 10.0. The van der Waals surface area contributed by atoms with E-state index in [2.05, 4.69) is 11.2 Å². The fourth-order valence-electron chi connectivity index (χ4n) is 6.20. The lowest BCUT2D eigenvalue weighted by Gasteiger charge is -2.26. The van der Waals surface area contributed by atoms with Gasteiger partial charge in [-0.05, 0) is 36.3 Å². The minimum absolute atomic E-state index is 0.171. The summed E-state index contributed by atoms with van der Waals surface area (Å²) < 4.78 is 19.0. The van der Waals surface area contributed by atoms with Crippen molar-refractivity contribution in [3.63, 3.8) is 0 Å². The summed E-state index contributed by atoms with van der Waals surface area (Å²) in [6, 6.07) is 20.3. The molecule has 0 unspecified atom stereocenters. The first-order valence-corrected chi connectivity index (χ1v) is 12.3. The minimum Gasteiger partial charge on any atom is -0.494 e. The van der Waals surface area contributed by atoms with Crippen molar-refractivity contribution in [3.05, 3.63) is 77.4 Å². The molecule has 2 bridgehead atoms. The van der Waals surface area contributed by atoms with Gasteiger partial charge in [0.2, 0.25) is 11.8 Å². The maximum atomic E-state index is 11.6. The summed E-state index contributed by atoms with van der Waals surface area (Å²) >= 11 is 0. The Bertz CT molecular complexity index is 1800. The monoisotopic (exact) mass is 509 g/mol. The first-order chi connectivity index (χ1) is 18.4. The maximum Gasteiger partial charge on any atom is 0.262 e. The third-order valence-electron chi connectivity index (χ3n) is 7.99. The summed E-state index contributed by atoms with van der Waals surface area (Å²) in [7, 11) is 0. The number of para-hydroxylation sites is 1. The Kier molecular flexibility index (Phi) is 4.62. The van der Waals surface area contributed by atoms with Crippen LogP contribution in [-0.4, -0.2) is 37.8 Å². The van der Waals surface area contributed by atoms with Crippen LogP contribution < -0.4 is 4.74 Å². The molecule has 0 saturated carbocycles. The molecule has 0 radical (unpaired) electrons. The molecule has 0 spiro atoms. The topological polar surface area (TPSA) is 134 Å². The molecule has 0 amide bonds. The number of aromatic hydroxyl groups is 2. The van der Waals surface area contributed by atoms with E-state index in [-0.39, 0.29) is 24.8 Å². The Morgan fingerprint density at radius 2 is 1.74 bits per heavy atom. The quantitative estimate of drug-likeness (QED) is 0.310. The molecule has 3 aromatic carbocycles. The van der Waals surface area contributed by atoms with Crippen molar-refractivity contribution < 1.29 is 29.3 Å². The standard InChI is InChI=1S/C29H23N3O6/c1-28-22(33)14-29(38-28,12-13-36-25-19-8-4-5-9-21(19)37-31-25)24-23(28)26(34)32(27(24)35)20-11-10-16(15-30)17-6-2-3-7-18(17)20/h2-11,22,33-35H,12-14H2,1H3/t22-,28-,29+/m1/s1. The van der Waals surface area contributed by atoms with Crippen molar-refractivity contribution in [2.75, 3.05) is 6.61 Å². The van der Waals surface area contributed by atoms with Crippen LogP contribution in [0.1, 0.15) is 36.5 Å². The van der Waals surface area contributed by atoms with Gasteiger partial charge >= 0.3 is 0 Å². The van der Waals surface area contributed by atoms with Crippen LogP contribution in [0.4, 0.5) is 0 Å². The summed E-state index contributed by atoms with van der Waals surface area (Å²) in [4.78, 5) is 0. The van der Waals surface area contributed by atoms with Gasteiger partial charge in [-0.2, -0.15) is 5.26 Å². The van der Waals surface area contributed by atoms with Crippen LogP contribution in [0.25, 0.3) is 27.4 Å². The molecule has 38 heavy (non-hydrogen) atoms. The molecule has 9 nitrogen and oxygen atoms in total. The first kappa shape index (κ1) is 22.7. The van der Waals surface area contributed by atoms with E-state index in [1.807, 2.05) is 42.5 Å². The molecule has 7 rings (SSSR count). The average molecular weight is 510 g/mol. The van der Waals surface area contributed by atoms with Gasteiger partial charge in [0.1, 0.15) is 11.2 Å². The van der Waals surface area contributed by atoms with Gasteiger partial charge < -0.3 is 29.3 Å². The summed E-state index contributed by atoms with van der Waals surface area (Å²) in [6.07, 6.45) is -0.384. The molecular formula is C29H23N3O6. The van der Waals surface area contributed by atoms with E-state index in [0.29, 0.717) is 51.0 Å². The summed E-state index contributed by atoms with van der Waals surface area (Å²) in [5.41, 5.74) is 0.102.